The van der Waals surface area contributed by atoms with Crippen molar-refractivity contribution in [3.8, 4) is 5.69 Å². The lowest BCUT2D eigenvalue weighted by Crippen LogP contribution is -2.36. The number of aromatic nitrogens is 2. The van der Waals surface area contributed by atoms with Crippen molar-refractivity contribution >= 4 is 17.5 Å². The van der Waals surface area contributed by atoms with Gasteiger partial charge in [0.15, 0.2) is 0 Å². The van der Waals surface area contributed by atoms with Gasteiger partial charge in [-0.1, -0.05) is 30.3 Å². The fourth-order valence-corrected chi connectivity index (χ4v) is 2.55. The summed E-state index contributed by atoms with van der Waals surface area (Å²) >= 11 is 0. The van der Waals surface area contributed by atoms with E-state index in [1.54, 1.807) is 6.20 Å². The Balaban J connectivity index is 1.62. The minimum Gasteiger partial charge on any atom is -0.350 e. The first-order valence-corrected chi connectivity index (χ1v) is 8.40. The molecule has 0 aliphatic rings. The van der Waals surface area contributed by atoms with Gasteiger partial charge >= 0.3 is 0 Å². The van der Waals surface area contributed by atoms with Crippen molar-refractivity contribution in [1.29, 1.82) is 0 Å². The minimum atomic E-state index is -0.574. The summed E-state index contributed by atoms with van der Waals surface area (Å²) in [7, 11) is 0. The van der Waals surface area contributed by atoms with E-state index in [2.05, 4.69) is 15.6 Å². The van der Waals surface area contributed by atoms with Crippen LogP contribution in [0.5, 0.6) is 0 Å². The number of benzene rings is 2. The molecule has 3 rings (SSSR count). The summed E-state index contributed by atoms with van der Waals surface area (Å²) in [4.78, 5) is 38.8. The van der Waals surface area contributed by atoms with E-state index in [9.17, 15) is 19.7 Å². The third kappa shape index (κ3) is 4.58. The van der Waals surface area contributed by atoms with Crippen LogP contribution in [-0.2, 0) is 11.3 Å². The van der Waals surface area contributed by atoms with Gasteiger partial charge in [-0.15, -0.1) is 0 Å². The molecule has 0 atom stereocenters. The largest absolute Gasteiger partial charge is 0.350 e. The Morgan fingerprint density at radius 2 is 1.89 bits per heavy atom. The molecule has 0 fully saturated rings. The number of nitrogens with zero attached hydrogens (tertiary/aromatic N) is 3. The smallest absolute Gasteiger partial charge is 0.294 e. The van der Waals surface area contributed by atoms with Gasteiger partial charge in [0, 0.05) is 30.6 Å². The topological polar surface area (TPSA) is 119 Å². The zero-order valence-electron chi connectivity index (χ0n) is 14.7. The molecule has 0 saturated heterocycles. The highest BCUT2D eigenvalue weighted by molar-refractivity contribution is 5.97. The van der Waals surface area contributed by atoms with Crippen molar-refractivity contribution < 1.29 is 14.5 Å². The Morgan fingerprint density at radius 3 is 2.57 bits per heavy atom. The van der Waals surface area contributed by atoms with Gasteiger partial charge in [0.05, 0.1) is 17.8 Å². The Labute approximate surface area is 160 Å². The number of nitro groups is 1. The number of carbonyl (C=O) groups is 2. The van der Waals surface area contributed by atoms with Crippen LogP contribution in [0.1, 0.15) is 15.9 Å². The molecule has 0 unspecified atom stereocenters. The highest BCUT2D eigenvalue weighted by Crippen LogP contribution is 2.24. The number of carbonyl (C=O) groups excluding carboxylic acids is 2. The van der Waals surface area contributed by atoms with Gasteiger partial charge in [0.1, 0.15) is 5.69 Å². The first-order chi connectivity index (χ1) is 13.5. The number of nitrogens with one attached hydrogen (secondary N) is 2. The van der Waals surface area contributed by atoms with Gasteiger partial charge in [-0.2, -0.15) is 0 Å². The van der Waals surface area contributed by atoms with Crippen molar-refractivity contribution in [2.45, 2.75) is 6.54 Å². The normalized spacial score (nSPS) is 10.3. The Bertz CT molecular complexity index is 987. The molecule has 28 heavy (non-hydrogen) atoms. The van der Waals surface area contributed by atoms with Gasteiger partial charge in [-0.05, 0) is 17.7 Å². The number of nitro benzene ring substituents is 1. The van der Waals surface area contributed by atoms with Gasteiger partial charge in [0.25, 0.3) is 11.6 Å². The lowest BCUT2D eigenvalue weighted by molar-refractivity contribution is -0.384. The molecule has 3 aromatic rings. The minimum absolute atomic E-state index is 0.0893. The molecule has 142 valence electrons. The van der Waals surface area contributed by atoms with Crippen LogP contribution in [0.4, 0.5) is 5.69 Å². The van der Waals surface area contributed by atoms with Crippen LogP contribution >= 0.6 is 0 Å². The van der Waals surface area contributed by atoms with E-state index in [-0.39, 0.29) is 23.7 Å². The predicted molar refractivity (Wildman–Crippen MR) is 101 cm³/mol. The maximum absolute atomic E-state index is 12.3. The van der Waals surface area contributed by atoms with Gasteiger partial charge < -0.3 is 15.2 Å². The summed E-state index contributed by atoms with van der Waals surface area (Å²) in [5, 5.41) is 16.5. The van der Waals surface area contributed by atoms with Crippen LogP contribution in [0.2, 0.25) is 0 Å². The first-order valence-electron chi connectivity index (χ1n) is 8.40. The molecular formula is C19H17N5O4. The van der Waals surface area contributed by atoms with E-state index in [4.69, 9.17) is 0 Å². The second kappa shape index (κ2) is 8.58. The van der Waals surface area contributed by atoms with Crippen LogP contribution in [0.3, 0.4) is 0 Å². The van der Waals surface area contributed by atoms with Crippen LogP contribution in [0.25, 0.3) is 5.69 Å². The summed E-state index contributed by atoms with van der Waals surface area (Å²) in [6, 6.07) is 13.5. The quantitative estimate of drug-likeness (QED) is 0.479. The average Bonchev–Trinajstić information content (AvgIpc) is 3.25. The van der Waals surface area contributed by atoms with Crippen LogP contribution < -0.4 is 10.6 Å². The maximum atomic E-state index is 12.3. The second-order valence-electron chi connectivity index (χ2n) is 5.88. The molecule has 2 N–H and O–H groups in total. The lowest BCUT2D eigenvalue weighted by atomic mass is 10.1. The number of hydrogen-bond acceptors (Lipinski definition) is 5. The standard InChI is InChI=1S/C19H17N5O4/c25-18(21-11-14-4-2-1-3-5-14)12-22-19(26)15-6-7-16(17(10-15)24(27)28)23-9-8-20-13-23/h1-10,13H,11-12H2,(H,21,25)(H,22,26). The Morgan fingerprint density at radius 1 is 1.11 bits per heavy atom. The van der Waals surface area contributed by atoms with E-state index in [0.717, 1.165) is 5.56 Å². The molecule has 0 aliphatic carbocycles. The number of rotatable bonds is 7. The molecule has 0 radical (unpaired) electrons. The highest BCUT2D eigenvalue weighted by atomic mass is 16.6. The lowest BCUT2D eigenvalue weighted by Gasteiger charge is -2.08. The highest BCUT2D eigenvalue weighted by Gasteiger charge is 2.19. The fraction of sp³-hybridized carbons (Fsp3) is 0.105. The zero-order chi connectivity index (χ0) is 19.9. The van der Waals surface area contributed by atoms with Crippen molar-refractivity contribution in [3.05, 3.63) is 88.5 Å². The fourth-order valence-electron chi connectivity index (χ4n) is 2.55. The molecule has 2 amide bonds. The van der Waals surface area contributed by atoms with Crippen LogP contribution in [0, 0.1) is 10.1 Å². The predicted octanol–water partition coefficient (Wildman–Crippen LogP) is 1.83. The van der Waals surface area contributed by atoms with E-state index >= 15 is 0 Å². The van der Waals surface area contributed by atoms with E-state index in [1.807, 2.05) is 30.3 Å². The molecule has 9 heteroatoms. The van der Waals surface area contributed by atoms with Crippen molar-refractivity contribution in [3.63, 3.8) is 0 Å². The molecule has 0 saturated carbocycles. The monoisotopic (exact) mass is 379 g/mol. The molecule has 1 aromatic heterocycles. The van der Waals surface area contributed by atoms with E-state index < -0.39 is 10.8 Å². The number of imidazole rings is 1. The van der Waals surface area contributed by atoms with E-state index in [1.165, 1.54) is 35.3 Å². The second-order valence-corrected chi connectivity index (χ2v) is 5.88. The van der Waals surface area contributed by atoms with Crippen LogP contribution in [0.15, 0.2) is 67.3 Å². The molecule has 0 aliphatic heterocycles. The molecule has 1 heterocycles. The third-order valence-corrected chi connectivity index (χ3v) is 3.96. The molecular weight excluding hydrogens is 362 g/mol. The van der Waals surface area contributed by atoms with Crippen molar-refractivity contribution in [1.82, 2.24) is 20.2 Å². The third-order valence-electron chi connectivity index (χ3n) is 3.96. The van der Waals surface area contributed by atoms with E-state index in [0.29, 0.717) is 12.2 Å². The Kier molecular flexibility index (Phi) is 5.75. The summed E-state index contributed by atoms with van der Waals surface area (Å²) < 4.78 is 1.48. The first kappa shape index (κ1) is 18.8. The number of amides is 2. The maximum Gasteiger partial charge on any atom is 0.294 e. The molecule has 2 aromatic carbocycles. The van der Waals surface area contributed by atoms with Gasteiger partial charge in [0.2, 0.25) is 5.91 Å². The summed E-state index contributed by atoms with van der Waals surface area (Å²) in [6.45, 7) is 0.114. The molecule has 9 nitrogen and oxygen atoms in total. The number of hydrogen-bond donors (Lipinski definition) is 2. The molecule has 0 bridgehead atoms. The zero-order valence-corrected chi connectivity index (χ0v) is 14.7. The SMILES string of the molecule is O=C(CNC(=O)c1ccc(-n2ccnc2)c([N+](=O)[O-])c1)NCc1ccccc1. The Hall–Kier alpha value is -4.01. The van der Waals surface area contributed by atoms with Crippen molar-refractivity contribution in [2.75, 3.05) is 6.54 Å². The molecule has 0 spiro atoms. The van der Waals surface area contributed by atoms with Crippen LogP contribution in [-0.4, -0.2) is 32.8 Å². The van der Waals surface area contributed by atoms with Gasteiger partial charge in [-0.25, -0.2) is 4.98 Å². The average molecular weight is 379 g/mol. The summed E-state index contributed by atoms with van der Waals surface area (Å²) in [5.41, 5.74) is 1.08. The summed E-state index contributed by atoms with van der Waals surface area (Å²) in [5.74, 6) is -0.933. The van der Waals surface area contributed by atoms with Gasteiger partial charge in [-0.3, -0.25) is 19.7 Å². The summed E-state index contributed by atoms with van der Waals surface area (Å²) in [6.07, 6.45) is 4.50. The van der Waals surface area contributed by atoms with Crippen molar-refractivity contribution in [2.24, 2.45) is 0 Å².